The standard InChI is InChI=1S/C20H15NO2/c1-13(14-7-3-2-4-8-14)21-19(22)16-11-5-9-15-10-6-12-17(18(15)16)20(21)23/h2-13H,1H3/t13-/m0/s1. The third kappa shape index (κ3) is 1.97. The molecule has 23 heavy (non-hydrogen) atoms. The van der Waals surface area contributed by atoms with E-state index in [-0.39, 0.29) is 17.9 Å². The molecule has 0 aromatic heterocycles. The van der Waals surface area contributed by atoms with Gasteiger partial charge in [-0.25, -0.2) is 0 Å². The molecule has 1 heterocycles. The van der Waals surface area contributed by atoms with Crippen molar-refractivity contribution in [3.63, 3.8) is 0 Å². The summed E-state index contributed by atoms with van der Waals surface area (Å²) < 4.78 is 0. The molecule has 3 aromatic carbocycles. The molecule has 0 aliphatic carbocycles. The van der Waals surface area contributed by atoms with Crippen molar-refractivity contribution in [3.8, 4) is 0 Å². The minimum Gasteiger partial charge on any atom is -0.269 e. The molecule has 0 saturated carbocycles. The second-order valence-corrected chi connectivity index (χ2v) is 5.78. The van der Waals surface area contributed by atoms with E-state index in [1.807, 2.05) is 61.5 Å². The Morgan fingerprint density at radius 3 is 1.87 bits per heavy atom. The number of amides is 2. The lowest BCUT2D eigenvalue weighted by molar-refractivity contribution is 0.0550. The molecular formula is C20H15NO2. The van der Waals surface area contributed by atoms with Crippen LogP contribution in [-0.4, -0.2) is 16.7 Å². The van der Waals surface area contributed by atoms with E-state index in [2.05, 4.69) is 0 Å². The highest BCUT2D eigenvalue weighted by Gasteiger charge is 2.36. The lowest BCUT2D eigenvalue weighted by Crippen LogP contribution is -2.41. The lowest BCUT2D eigenvalue weighted by atomic mass is 9.92. The maximum absolute atomic E-state index is 12.9. The molecule has 112 valence electrons. The molecule has 1 atom stereocenters. The van der Waals surface area contributed by atoms with E-state index in [9.17, 15) is 9.59 Å². The van der Waals surface area contributed by atoms with Crippen molar-refractivity contribution in [2.45, 2.75) is 13.0 Å². The van der Waals surface area contributed by atoms with Crippen LogP contribution in [0.5, 0.6) is 0 Å². The van der Waals surface area contributed by atoms with E-state index in [1.54, 1.807) is 12.1 Å². The van der Waals surface area contributed by atoms with Gasteiger partial charge in [0, 0.05) is 16.5 Å². The molecule has 0 spiro atoms. The Morgan fingerprint density at radius 2 is 1.30 bits per heavy atom. The predicted molar refractivity (Wildman–Crippen MR) is 89.3 cm³/mol. The van der Waals surface area contributed by atoms with Gasteiger partial charge in [-0.05, 0) is 30.0 Å². The first-order valence-corrected chi connectivity index (χ1v) is 7.63. The summed E-state index contributed by atoms with van der Waals surface area (Å²) in [5.41, 5.74) is 2.14. The second-order valence-electron chi connectivity index (χ2n) is 5.78. The van der Waals surface area contributed by atoms with E-state index < -0.39 is 0 Å². The topological polar surface area (TPSA) is 37.4 Å². The van der Waals surface area contributed by atoms with Crippen LogP contribution in [-0.2, 0) is 0 Å². The van der Waals surface area contributed by atoms with Crippen molar-refractivity contribution in [2.24, 2.45) is 0 Å². The first kappa shape index (κ1) is 13.7. The molecule has 0 bridgehead atoms. The molecule has 0 radical (unpaired) electrons. The molecule has 0 saturated heterocycles. The minimum atomic E-state index is -0.306. The Kier molecular flexibility index (Phi) is 3.01. The maximum Gasteiger partial charge on any atom is 0.261 e. The Morgan fingerprint density at radius 1 is 0.739 bits per heavy atom. The van der Waals surface area contributed by atoms with Crippen LogP contribution in [0.2, 0.25) is 0 Å². The van der Waals surface area contributed by atoms with E-state index in [1.165, 1.54) is 4.90 Å². The van der Waals surface area contributed by atoms with Gasteiger partial charge in [0.05, 0.1) is 6.04 Å². The van der Waals surface area contributed by atoms with Crippen LogP contribution < -0.4 is 0 Å². The summed E-state index contributed by atoms with van der Waals surface area (Å²) in [4.78, 5) is 27.2. The molecule has 3 heteroatoms. The molecule has 3 nitrogen and oxygen atoms in total. The SMILES string of the molecule is C[C@@H](c1ccccc1)N1C(=O)c2cccc3cccc(c23)C1=O. The highest BCUT2D eigenvalue weighted by atomic mass is 16.2. The summed E-state index contributed by atoms with van der Waals surface area (Å²) in [6, 6.07) is 20.5. The molecule has 1 aliphatic rings. The first-order valence-electron chi connectivity index (χ1n) is 7.63. The number of hydrogen-bond donors (Lipinski definition) is 0. The van der Waals surface area contributed by atoms with E-state index in [0.717, 1.165) is 16.3 Å². The van der Waals surface area contributed by atoms with Crippen molar-refractivity contribution >= 4 is 22.6 Å². The summed E-state index contributed by atoms with van der Waals surface area (Å²) in [5, 5.41) is 1.69. The van der Waals surface area contributed by atoms with Crippen LogP contribution in [0.4, 0.5) is 0 Å². The summed E-state index contributed by atoms with van der Waals surface area (Å²) in [6.07, 6.45) is 0. The number of carbonyl (C=O) groups excluding carboxylic acids is 2. The van der Waals surface area contributed by atoms with Crippen LogP contribution in [0.1, 0.15) is 39.2 Å². The van der Waals surface area contributed by atoms with Gasteiger partial charge in [-0.2, -0.15) is 0 Å². The van der Waals surface area contributed by atoms with Crippen LogP contribution in [0.15, 0.2) is 66.7 Å². The molecule has 0 unspecified atom stereocenters. The number of carbonyl (C=O) groups is 2. The van der Waals surface area contributed by atoms with Gasteiger partial charge in [0.2, 0.25) is 0 Å². The largest absolute Gasteiger partial charge is 0.269 e. The number of imide groups is 1. The zero-order chi connectivity index (χ0) is 16.0. The Balaban J connectivity index is 1.90. The fourth-order valence-corrected chi connectivity index (χ4v) is 3.28. The Bertz CT molecular complexity index is 880. The molecular weight excluding hydrogens is 286 g/mol. The smallest absolute Gasteiger partial charge is 0.261 e. The van der Waals surface area contributed by atoms with Crippen LogP contribution >= 0.6 is 0 Å². The quantitative estimate of drug-likeness (QED) is 0.665. The average molecular weight is 301 g/mol. The van der Waals surface area contributed by atoms with Crippen LogP contribution in [0.25, 0.3) is 10.8 Å². The van der Waals surface area contributed by atoms with Gasteiger partial charge in [-0.3, -0.25) is 14.5 Å². The molecule has 0 fully saturated rings. The third-order valence-electron chi connectivity index (χ3n) is 4.47. The van der Waals surface area contributed by atoms with Crippen molar-refractivity contribution in [1.82, 2.24) is 4.90 Å². The number of benzene rings is 3. The first-order chi connectivity index (χ1) is 11.2. The Hall–Kier alpha value is -2.94. The highest BCUT2D eigenvalue weighted by molar-refractivity contribution is 6.25. The summed E-state index contributed by atoms with van der Waals surface area (Å²) >= 11 is 0. The third-order valence-corrected chi connectivity index (χ3v) is 4.47. The van der Waals surface area contributed by atoms with Crippen molar-refractivity contribution in [2.75, 3.05) is 0 Å². The zero-order valence-corrected chi connectivity index (χ0v) is 12.7. The molecule has 0 N–H and O–H groups in total. The van der Waals surface area contributed by atoms with Gasteiger partial charge >= 0.3 is 0 Å². The van der Waals surface area contributed by atoms with Gasteiger partial charge in [0.1, 0.15) is 0 Å². The number of hydrogen-bond acceptors (Lipinski definition) is 2. The number of rotatable bonds is 2. The van der Waals surface area contributed by atoms with Crippen molar-refractivity contribution in [3.05, 3.63) is 83.4 Å². The van der Waals surface area contributed by atoms with Crippen LogP contribution in [0.3, 0.4) is 0 Å². The monoisotopic (exact) mass is 301 g/mol. The maximum atomic E-state index is 12.9. The van der Waals surface area contributed by atoms with Crippen molar-refractivity contribution < 1.29 is 9.59 Å². The van der Waals surface area contributed by atoms with Crippen LogP contribution in [0, 0.1) is 0 Å². The normalized spacial score (nSPS) is 15.1. The average Bonchev–Trinajstić information content (AvgIpc) is 2.60. The van der Waals surface area contributed by atoms with Gasteiger partial charge in [-0.1, -0.05) is 54.6 Å². The minimum absolute atomic E-state index is 0.226. The molecule has 3 aromatic rings. The fraction of sp³-hybridized carbons (Fsp3) is 0.100. The van der Waals surface area contributed by atoms with Gasteiger partial charge in [-0.15, -0.1) is 0 Å². The van der Waals surface area contributed by atoms with Crippen molar-refractivity contribution in [1.29, 1.82) is 0 Å². The summed E-state index contributed by atoms with van der Waals surface area (Å²) in [7, 11) is 0. The van der Waals surface area contributed by atoms with Gasteiger partial charge in [0.15, 0.2) is 0 Å². The van der Waals surface area contributed by atoms with Gasteiger partial charge < -0.3 is 0 Å². The molecule has 4 rings (SSSR count). The molecule has 2 amide bonds. The lowest BCUT2D eigenvalue weighted by Gasteiger charge is -2.32. The Labute approximate surface area is 134 Å². The second kappa shape index (κ2) is 5.06. The summed E-state index contributed by atoms with van der Waals surface area (Å²) in [6.45, 7) is 1.89. The van der Waals surface area contributed by atoms with E-state index in [4.69, 9.17) is 0 Å². The molecule has 1 aliphatic heterocycles. The summed E-state index contributed by atoms with van der Waals surface area (Å²) in [5.74, 6) is -0.452. The van der Waals surface area contributed by atoms with E-state index >= 15 is 0 Å². The highest BCUT2D eigenvalue weighted by Crippen LogP contribution is 2.34. The fourth-order valence-electron chi connectivity index (χ4n) is 3.28. The van der Waals surface area contributed by atoms with E-state index in [0.29, 0.717) is 11.1 Å². The number of nitrogens with zero attached hydrogens (tertiary/aromatic N) is 1. The zero-order valence-electron chi connectivity index (χ0n) is 12.7. The predicted octanol–water partition coefficient (Wildman–Crippen LogP) is 4.20. The van der Waals surface area contributed by atoms with Gasteiger partial charge in [0.25, 0.3) is 11.8 Å².